The SMILES string of the molecule is COc1ccc(OCCN(C)C(=O)C2CCCN(C(=O)c3ccc(Cl)c(Cl)c3)C2)cc1. The van der Waals surface area contributed by atoms with Gasteiger partial charge in [-0.1, -0.05) is 23.2 Å². The number of likely N-dealkylation sites (tertiary alicyclic amines) is 1. The molecule has 0 spiro atoms. The van der Waals surface area contributed by atoms with Crippen LogP contribution in [0.3, 0.4) is 0 Å². The Morgan fingerprint density at radius 1 is 1.10 bits per heavy atom. The number of halogens is 2. The Bertz CT molecular complexity index is 920. The third-order valence-corrected chi connectivity index (χ3v) is 6.09. The zero-order valence-electron chi connectivity index (χ0n) is 17.6. The van der Waals surface area contributed by atoms with Gasteiger partial charge in [-0.25, -0.2) is 0 Å². The number of hydrogen-bond donors (Lipinski definition) is 0. The Morgan fingerprint density at radius 2 is 1.81 bits per heavy atom. The van der Waals surface area contributed by atoms with Crippen LogP contribution in [0.15, 0.2) is 42.5 Å². The zero-order chi connectivity index (χ0) is 22.4. The summed E-state index contributed by atoms with van der Waals surface area (Å²) in [5.41, 5.74) is 0.476. The molecule has 1 fully saturated rings. The van der Waals surface area contributed by atoms with Crippen LogP contribution in [-0.2, 0) is 4.79 Å². The van der Waals surface area contributed by atoms with Gasteiger partial charge in [0.2, 0.25) is 5.91 Å². The van der Waals surface area contributed by atoms with Crippen LogP contribution in [0.4, 0.5) is 0 Å². The van der Waals surface area contributed by atoms with E-state index in [0.717, 1.165) is 24.3 Å². The van der Waals surface area contributed by atoms with Gasteiger partial charge in [0, 0.05) is 25.7 Å². The molecule has 3 rings (SSSR count). The van der Waals surface area contributed by atoms with Crippen molar-refractivity contribution in [3.05, 3.63) is 58.1 Å². The average molecular weight is 465 g/mol. The molecule has 2 aromatic rings. The molecule has 1 aliphatic rings. The molecule has 1 unspecified atom stereocenters. The van der Waals surface area contributed by atoms with Crippen molar-refractivity contribution >= 4 is 35.0 Å². The van der Waals surface area contributed by atoms with E-state index in [1.807, 2.05) is 24.3 Å². The fourth-order valence-corrected chi connectivity index (χ4v) is 3.87. The molecule has 2 aromatic carbocycles. The average Bonchev–Trinajstić information content (AvgIpc) is 2.80. The van der Waals surface area contributed by atoms with E-state index in [1.54, 1.807) is 42.2 Å². The minimum absolute atomic E-state index is 0.0185. The monoisotopic (exact) mass is 464 g/mol. The lowest BCUT2D eigenvalue weighted by atomic mass is 9.96. The Morgan fingerprint density at radius 3 is 2.48 bits per heavy atom. The van der Waals surface area contributed by atoms with E-state index in [-0.39, 0.29) is 17.7 Å². The van der Waals surface area contributed by atoms with Crippen LogP contribution in [-0.4, -0.2) is 62.0 Å². The first-order valence-corrected chi connectivity index (χ1v) is 10.9. The quantitative estimate of drug-likeness (QED) is 0.609. The number of rotatable bonds is 7. The zero-order valence-corrected chi connectivity index (χ0v) is 19.2. The second kappa shape index (κ2) is 10.7. The van der Waals surface area contributed by atoms with Gasteiger partial charge in [0.05, 0.1) is 29.6 Å². The van der Waals surface area contributed by atoms with Crippen LogP contribution in [0.1, 0.15) is 23.2 Å². The highest BCUT2D eigenvalue weighted by Gasteiger charge is 2.30. The van der Waals surface area contributed by atoms with Crippen molar-refractivity contribution in [3.8, 4) is 11.5 Å². The number of carbonyl (C=O) groups is 2. The summed E-state index contributed by atoms with van der Waals surface area (Å²) in [6.45, 7) is 1.85. The van der Waals surface area contributed by atoms with Crippen LogP contribution in [0, 0.1) is 5.92 Å². The van der Waals surface area contributed by atoms with Gasteiger partial charge in [-0.2, -0.15) is 0 Å². The van der Waals surface area contributed by atoms with Crippen molar-refractivity contribution in [3.63, 3.8) is 0 Å². The van der Waals surface area contributed by atoms with Crippen molar-refractivity contribution in [1.82, 2.24) is 9.80 Å². The second-order valence-corrected chi connectivity index (χ2v) is 8.32. The highest BCUT2D eigenvalue weighted by molar-refractivity contribution is 6.42. The summed E-state index contributed by atoms with van der Waals surface area (Å²) in [6.07, 6.45) is 1.54. The fraction of sp³-hybridized carbons (Fsp3) is 0.391. The number of carbonyl (C=O) groups excluding carboxylic acids is 2. The molecular weight excluding hydrogens is 439 g/mol. The minimum atomic E-state index is -0.230. The standard InChI is InChI=1S/C23H26Cl2N2O4/c1-26(12-13-31-19-8-6-18(30-2)7-9-19)22(28)17-4-3-11-27(15-17)23(29)16-5-10-20(24)21(25)14-16/h5-10,14,17H,3-4,11-13,15H2,1-2H3. The maximum absolute atomic E-state index is 12.9. The molecule has 1 saturated heterocycles. The number of amides is 2. The van der Waals surface area contributed by atoms with Crippen LogP contribution in [0.2, 0.25) is 10.0 Å². The largest absolute Gasteiger partial charge is 0.497 e. The maximum Gasteiger partial charge on any atom is 0.253 e. The normalized spacial score (nSPS) is 16.0. The van der Waals surface area contributed by atoms with Gasteiger partial charge < -0.3 is 19.3 Å². The van der Waals surface area contributed by atoms with E-state index >= 15 is 0 Å². The minimum Gasteiger partial charge on any atom is -0.497 e. The summed E-state index contributed by atoms with van der Waals surface area (Å²) in [6, 6.07) is 12.1. The molecule has 2 amide bonds. The molecule has 166 valence electrons. The summed E-state index contributed by atoms with van der Waals surface area (Å²) in [5.74, 6) is 1.13. The molecule has 0 aromatic heterocycles. The van der Waals surface area contributed by atoms with Gasteiger partial charge in [-0.3, -0.25) is 9.59 Å². The van der Waals surface area contributed by atoms with Crippen molar-refractivity contribution in [2.75, 3.05) is 40.4 Å². The van der Waals surface area contributed by atoms with Gasteiger partial charge in [0.15, 0.2) is 0 Å². The summed E-state index contributed by atoms with van der Waals surface area (Å²) < 4.78 is 10.8. The predicted octanol–water partition coefficient (Wildman–Crippen LogP) is 4.39. The van der Waals surface area contributed by atoms with Crippen LogP contribution in [0.5, 0.6) is 11.5 Å². The summed E-state index contributed by atoms with van der Waals surface area (Å²) in [5, 5.41) is 0.747. The summed E-state index contributed by atoms with van der Waals surface area (Å²) >= 11 is 12.0. The molecule has 6 nitrogen and oxygen atoms in total. The molecule has 0 aliphatic carbocycles. The fourth-order valence-electron chi connectivity index (χ4n) is 3.57. The second-order valence-electron chi connectivity index (χ2n) is 7.50. The van der Waals surface area contributed by atoms with Gasteiger partial charge in [0.25, 0.3) is 5.91 Å². The Kier molecular flexibility index (Phi) is 8.04. The number of piperidine rings is 1. The molecule has 31 heavy (non-hydrogen) atoms. The first-order valence-electron chi connectivity index (χ1n) is 10.1. The van der Waals surface area contributed by atoms with Crippen molar-refractivity contribution < 1.29 is 19.1 Å². The van der Waals surface area contributed by atoms with Gasteiger partial charge >= 0.3 is 0 Å². The highest BCUT2D eigenvalue weighted by atomic mass is 35.5. The van der Waals surface area contributed by atoms with Crippen LogP contribution >= 0.6 is 23.2 Å². The number of nitrogens with zero attached hydrogens (tertiary/aromatic N) is 2. The Balaban J connectivity index is 1.51. The van der Waals surface area contributed by atoms with Gasteiger partial charge in [-0.15, -0.1) is 0 Å². The molecule has 1 aliphatic heterocycles. The molecule has 8 heteroatoms. The highest BCUT2D eigenvalue weighted by Crippen LogP contribution is 2.25. The topological polar surface area (TPSA) is 59.1 Å². The Labute approximate surface area is 192 Å². The van der Waals surface area contributed by atoms with E-state index in [0.29, 0.717) is 41.8 Å². The molecule has 0 N–H and O–H groups in total. The number of methoxy groups -OCH3 is 1. The van der Waals surface area contributed by atoms with E-state index in [1.165, 1.54) is 0 Å². The molecular formula is C23H26Cl2N2O4. The molecule has 0 radical (unpaired) electrons. The Hall–Kier alpha value is -2.44. The molecule has 1 heterocycles. The summed E-state index contributed by atoms with van der Waals surface area (Å²) in [7, 11) is 3.38. The first kappa shape index (κ1) is 23.2. The lowest BCUT2D eigenvalue weighted by Crippen LogP contribution is -2.46. The lowest BCUT2D eigenvalue weighted by molar-refractivity contribution is -0.135. The molecule has 0 saturated carbocycles. The molecule has 1 atom stereocenters. The smallest absolute Gasteiger partial charge is 0.253 e. The lowest BCUT2D eigenvalue weighted by Gasteiger charge is -2.34. The van der Waals surface area contributed by atoms with Gasteiger partial charge in [0.1, 0.15) is 18.1 Å². The summed E-state index contributed by atoms with van der Waals surface area (Å²) in [4.78, 5) is 29.1. The van der Waals surface area contributed by atoms with Gasteiger partial charge in [-0.05, 0) is 55.3 Å². The van der Waals surface area contributed by atoms with Crippen LogP contribution in [0.25, 0.3) is 0 Å². The van der Waals surface area contributed by atoms with Crippen molar-refractivity contribution in [2.45, 2.75) is 12.8 Å². The van der Waals surface area contributed by atoms with E-state index in [2.05, 4.69) is 0 Å². The van der Waals surface area contributed by atoms with Crippen LogP contribution < -0.4 is 9.47 Å². The maximum atomic E-state index is 12.9. The van der Waals surface area contributed by atoms with E-state index in [4.69, 9.17) is 32.7 Å². The van der Waals surface area contributed by atoms with Crippen molar-refractivity contribution in [2.24, 2.45) is 5.92 Å². The first-order chi connectivity index (χ1) is 14.9. The number of benzene rings is 2. The number of likely N-dealkylation sites (N-methyl/N-ethyl adjacent to an activating group) is 1. The predicted molar refractivity (Wildman–Crippen MR) is 121 cm³/mol. The third-order valence-electron chi connectivity index (χ3n) is 5.36. The number of ether oxygens (including phenoxy) is 2. The molecule has 0 bridgehead atoms. The number of hydrogen-bond acceptors (Lipinski definition) is 4. The van der Waals surface area contributed by atoms with E-state index in [9.17, 15) is 9.59 Å². The van der Waals surface area contributed by atoms with E-state index < -0.39 is 0 Å². The van der Waals surface area contributed by atoms with Crippen molar-refractivity contribution in [1.29, 1.82) is 0 Å². The third kappa shape index (κ3) is 6.05.